The molecule has 0 unspecified atom stereocenters. The van der Waals surface area contributed by atoms with E-state index in [0.717, 1.165) is 30.5 Å². The van der Waals surface area contributed by atoms with E-state index in [1.807, 2.05) is 32.7 Å². The third-order valence-electron chi connectivity index (χ3n) is 4.71. The van der Waals surface area contributed by atoms with Gasteiger partial charge in [0.05, 0.1) is 6.54 Å². The Bertz CT molecular complexity index is 1100. The van der Waals surface area contributed by atoms with Gasteiger partial charge >= 0.3 is 0 Å². The number of aryl methyl sites for hydroxylation is 1. The number of anilines is 1. The van der Waals surface area contributed by atoms with Crippen molar-refractivity contribution in [2.24, 2.45) is 0 Å². The summed E-state index contributed by atoms with van der Waals surface area (Å²) in [6.07, 6.45) is 4.10. The van der Waals surface area contributed by atoms with Gasteiger partial charge in [0.1, 0.15) is 23.9 Å². The molecule has 0 bridgehead atoms. The summed E-state index contributed by atoms with van der Waals surface area (Å²) in [7, 11) is 1.82. The first-order valence-electron chi connectivity index (χ1n) is 13.3. The van der Waals surface area contributed by atoms with Gasteiger partial charge in [0.2, 0.25) is 5.91 Å². The van der Waals surface area contributed by atoms with E-state index >= 15 is 0 Å². The second kappa shape index (κ2) is 9.60. The normalized spacial score (nSPS) is 16.9. The van der Waals surface area contributed by atoms with Crippen LogP contribution in [-0.2, 0) is 17.6 Å². The zero-order valence-electron chi connectivity index (χ0n) is 24.5. The fourth-order valence-corrected chi connectivity index (χ4v) is 3.47. The van der Waals surface area contributed by atoms with Gasteiger partial charge in [0, 0.05) is 50.9 Å². The molecule has 3 rings (SSSR count). The SMILES string of the molecule is [2H]C([2H])([2H])N(CCOc1ccnc(-c2nc3c(c(N(C)CC(=O)NC(C)(C)C)n2)CCC3)c1)C([2H])([2H])[2H]. The van der Waals surface area contributed by atoms with Crippen LogP contribution in [0.3, 0.4) is 0 Å². The maximum atomic E-state index is 12.5. The molecular weight excluding hydrogens is 392 g/mol. The summed E-state index contributed by atoms with van der Waals surface area (Å²) >= 11 is 0. The molecule has 1 amide bonds. The Kier molecular flexibility index (Phi) is 4.94. The van der Waals surface area contributed by atoms with Gasteiger partial charge in [-0.05, 0) is 60.1 Å². The van der Waals surface area contributed by atoms with E-state index in [-0.39, 0.29) is 31.1 Å². The number of likely N-dealkylation sites (N-methyl/N-ethyl adjacent to an activating group) is 2. The van der Waals surface area contributed by atoms with Gasteiger partial charge < -0.3 is 19.9 Å². The van der Waals surface area contributed by atoms with Crippen LogP contribution in [0.15, 0.2) is 18.3 Å². The van der Waals surface area contributed by atoms with Crippen LogP contribution in [0.5, 0.6) is 5.75 Å². The number of nitrogens with zero attached hydrogens (tertiary/aromatic N) is 5. The van der Waals surface area contributed by atoms with Gasteiger partial charge in [-0.2, -0.15) is 0 Å². The number of carbonyl (C=O) groups is 1. The zero-order chi connectivity index (χ0) is 27.6. The highest BCUT2D eigenvalue weighted by Gasteiger charge is 2.24. The number of hydrogen-bond acceptors (Lipinski definition) is 7. The molecule has 2 aromatic rings. The van der Waals surface area contributed by atoms with Gasteiger partial charge in [-0.25, -0.2) is 9.97 Å². The Hall–Kier alpha value is -2.74. The Morgan fingerprint density at radius 3 is 2.84 bits per heavy atom. The second-order valence-corrected chi connectivity index (χ2v) is 8.68. The van der Waals surface area contributed by atoms with Crippen LogP contribution in [0.4, 0.5) is 5.82 Å². The lowest BCUT2D eigenvalue weighted by Crippen LogP contribution is -2.45. The standard InChI is InChI=1S/C23H34N6O2/c1-23(2,3)27-20(30)15-29(6)22-17-8-7-9-18(17)25-21(26-22)19-14-16(10-11-24-19)31-13-12-28(4)5/h10-11,14H,7-9,12-13,15H2,1-6H3,(H,27,30)/i4D3,5D3. The summed E-state index contributed by atoms with van der Waals surface area (Å²) < 4.78 is 50.4. The Morgan fingerprint density at radius 1 is 1.29 bits per heavy atom. The van der Waals surface area contributed by atoms with E-state index in [9.17, 15) is 4.79 Å². The van der Waals surface area contributed by atoms with Crippen molar-refractivity contribution in [3.05, 3.63) is 29.6 Å². The monoisotopic (exact) mass is 432 g/mol. The highest BCUT2D eigenvalue weighted by atomic mass is 16.5. The molecule has 0 spiro atoms. The van der Waals surface area contributed by atoms with Crippen LogP contribution in [0.25, 0.3) is 11.5 Å². The van der Waals surface area contributed by atoms with Gasteiger partial charge in [-0.15, -0.1) is 0 Å². The number of carbonyl (C=O) groups excluding carboxylic acids is 1. The predicted octanol–water partition coefficient (Wildman–Crippen LogP) is 2.32. The number of ether oxygens (including phenoxy) is 1. The first-order valence-corrected chi connectivity index (χ1v) is 10.3. The summed E-state index contributed by atoms with van der Waals surface area (Å²) in [6.45, 7) is -0.0966. The maximum Gasteiger partial charge on any atom is 0.239 e. The predicted molar refractivity (Wildman–Crippen MR) is 123 cm³/mol. The molecule has 1 aliphatic carbocycles. The molecule has 8 nitrogen and oxygen atoms in total. The first-order chi connectivity index (χ1) is 17.0. The minimum absolute atomic E-state index is 0.112. The molecule has 0 saturated heterocycles. The maximum absolute atomic E-state index is 12.5. The molecule has 0 atom stereocenters. The van der Waals surface area contributed by atoms with E-state index in [0.29, 0.717) is 28.0 Å². The molecule has 168 valence electrons. The minimum Gasteiger partial charge on any atom is -0.492 e. The van der Waals surface area contributed by atoms with E-state index in [4.69, 9.17) is 22.9 Å². The number of hydrogen-bond donors (Lipinski definition) is 1. The topological polar surface area (TPSA) is 83.5 Å². The fraction of sp³-hybridized carbons (Fsp3) is 0.565. The van der Waals surface area contributed by atoms with Crippen molar-refractivity contribution < 1.29 is 17.8 Å². The largest absolute Gasteiger partial charge is 0.492 e. The van der Waals surface area contributed by atoms with Crippen molar-refractivity contribution >= 4 is 11.7 Å². The van der Waals surface area contributed by atoms with Gasteiger partial charge in [0.25, 0.3) is 0 Å². The third kappa shape index (κ3) is 6.37. The zero-order valence-corrected chi connectivity index (χ0v) is 18.5. The van der Waals surface area contributed by atoms with Crippen molar-refractivity contribution in [3.63, 3.8) is 0 Å². The molecule has 2 aromatic heterocycles. The van der Waals surface area contributed by atoms with Gasteiger partial charge in [-0.3, -0.25) is 9.78 Å². The molecule has 1 aliphatic rings. The van der Waals surface area contributed by atoms with Gasteiger partial charge in [0.15, 0.2) is 5.82 Å². The summed E-state index contributed by atoms with van der Waals surface area (Å²) in [5.41, 5.74) is 2.05. The molecule has 0 aliphatic heterocycles. The lowest BCUT2D eigenvalue weighted by atomic mass is 10.1. The van der Waals surface area contributed by atoms with Crippen molar-refractivity contribution in [2.75, 3.05) is 45.6 Å². The summed E-state index contributed by atoms with van der Waals surface area (Å²) in [5, 5.41) is 2.96. The molecule has 0 fully saturated rings. The van der Waals surface area contributed by atoms with E-state index in [2.05, 4.69) is 10.3 Å². The molecule has 0 aromatic carbocycles. The smallest absolute Gasteiger partial charge is 0.239 e. The van der Waals surface area contributed by atoms with Crippen LogP contribution in [0.2, 0.25) is 0 Å². The molecule has 1 N–H and O–H groups in total. The number of pyridine rings is 1. The Morgan fingerprint density at radius 2 is 2.10 bits per heavy atom. The molecule has 31 heavy (non-hydrogen) atoms. The van der Waals surface area contributed by atoms with Crippen LogP contribution in [0.1, 0.15) is 46.7 Å². The number of nitrogens with one attached hydrogen (secondary N) is 1. The third-order valence-corrected chi connectivity index (χ3v) is 4.71. The van der Waals surface area contributed by atoms with Crippen molar-refractivity contribution in [1.29, 1.82) is 0 Å². The molecule has 0 saturated carbocycles. The van der Waals surface area contributed by atoms with E-state index < -0.39 is 14.0 Å². The fourth-order valence-electron chi connectivity index (χ4n) is 3.47. The minimum atomic E-state index is -2.78. The molecule has 8 heteroatoms. The van der Waals surface area contributed by atoms with Crippen LogP contribution < -0.4 is 15.0 Å². The number of fused-ring (bicyclic) bond motifs is 1. The Labute approximate surface area is 193 Å². The lowest BCUT2D eigenvalue weighted by molar-refractivity contribution is -0.121. The Balaban J connectivity index is 1.79. The van der Waals surface area contributed by atoms with Crippen LogP contribution >= 0.6 is 0 Å². The van der Waals surface area contributed by atoms with Crippen molar-refractivity contribution in [3.8, 4) is 17.3 Å². The summed E-state index contributed by atoms with van der Waals surface area (Å²) in [6, 6.07) is 3.22. The quantitative estimate of drug-likeness (QED) is 0.685. The lowest BCUT2D eigenvalue weighted by Gasteiger charge is -2.25. The van der Waals surface area contributed by atoms with Crippen molar-refractivity contribution in [2.45, 2.75) is 45.6 Å². The van der Waals surface area contributed by atoms with Gasteiger partial charge in [-0.1, -0.05) is 0 Å². The second-order valence-electron chi connectivity index (χ2n) is 8.68. The van der Waals surface area contributed by atoms with E-state index in [1.165, 1.54) is 6.20 Å². The van der Waals surface area contributed by atoms with E-state index in [1.54, 1.807) is 12.1 Å². The van der Waals surface area contributed by atoms with Crippen molar-refractivity contribution in [1.82, 2.24) is 25.2 Å². The molecule has 0 radical (unpaired) electrons. The first kappa shape index (κ1) is 16.0. The highest BCUT2D eigenvalue weighted by Crippen LogP contribution is 2.31. The number of aromatic nitrogens is 3. The average Bonchev–Trinajstić information content (AvgIpc) is 3.21. The number of rotatable bonds is 8. The average molecular weight is 433 g/mol. The summed E-state index contributed by atoms with van der Waals surface area (Å²) in [4.78, 5) is 28.6. The molecular formula is C23H34N6O2. The molecule has 2 heterocycles. The van der Waals surface area contributed by atoms with Crippen LogP contribution in [0, 0.1) is 0 Å². The van der Waals surface area contributed by atoms with Crippen LogP contribution in [-0.4, -0.2) is 72.0 Å². The highest BCUT2D eigenvalue weighted by molar-refractivity contribution is 5.82. The number of amides is 1. The summed E-state index contributed by atoms with van der Waals surface area (Å²) in [5.74, 6) is 1.33.